The van der Waals surface area contributed by atoms with Crippen molar-refractivity contribution in [2.45, 2.75) is 32.4 Å². The van der Waals surface area contributed by atoms with Crippen molar-refractivity contribution in [3.63, 3.8) is 0 Å². The third kappa shape index (κ3) is 4.72. The Kier molecular flexibility index (Phi) is 6.66. The second-order valence-corrected chi connectivity index (χ2v) is 9.80. The zero-order valence-electron chi connectivity index (χ0n) is 20.2. The van der Waals surface area contributed by atoms with Crippen molar-refractivity contribution in [3.05, 3.63) is 65.9 Å². The highest BCUT2D eigenvalue weighted by Gasteiger charge is 2.27. The van der Waals surface area contributed by atoms with Crippen LogP contribution in [0, 0.1) is 17.2 Å². The standard InChI is InChI=1S/C28H34N6/c1-20-16-24(32-21(2)22-5-8-25(9-6-22)33-14-12-30-13-15-33)19-34(18-20)27-10-7-23(17-29)28-26(27)4-3-11-31-28/h3-11,20-21,24,30,32H,12-16,18-19H2,1-2H3. The fraction of sp³-hybridized carbons (Fsp3) is 0.429. The Bertz CT molecular complexity index is 1160. The largest absolute Gasteiger partial charge is 0.369 e. The van der Waals surface area contributed by atoms with Crippen LogP contribution in [0.1, 0.15) is 37.4 Å². The Morgan fingerprint density at radius 2 is 1.85 bits per heavy atom. The zero-order valence-corrected chi connectivity index (χ0v) is 20.2. The summed E-state index contributed by atoms with van der Waals surface area (Å²) < 4.78 is 0. The lowest BCUT2D eigenvalue weighted by Crippen LogP contribution is -2.49. The number of pyridine rings is 1. The van der Waals surface area contributed by atoms with E-state index in [4.69, 9.17) is 0 Å². The van der Waals surface area contributed by atoms with E-state index in [2.05, 4.69) is 81.7 Å². The highest BCUT2D eigenvalue weighted by Crippen LogP contribution is 2.32. The number of nitriles is 1. The molecule has 0 radical (unpaired) electrons. The summed E-state index contributed by atoms with van der Waals surface area (Å²) in [4.78, 5) is 9.43. The number of fused-ring (bicyclic) bond motifs is 1. The predicted octanol–water partition coefficient (Wildman–Crippen LogP) is 4.08. The van der Waals surface area contributed by atoms with E-state index in [1.807, 2.05) is 12.1 Å². The second kappa shape index (κ2) is 10.0. The summed E-state index contributed by atoms with van der Waals surface area (Å²) in [6.07, 6.45) is 2.93. The van der Waals surface area contributed by atoms with E-state index < -0.39 is 0 Å². The van der Waals surface area contributed by atoms with Gasteiger partial charge in [-0.25, -0.2) is 0 Å². The van der Waals surface area contributed by atoms with Crippen LogP contribution in [0.5, 0.6) is 0 Å². The topological polar surface area (TPSA) is 67.2 Å². The molecule has 3 heterocycles. The van der Waals surface area contributed by atoms with Crippen molar-refractivity contribution in [3.8, 4) is 6.07 Å². The zero-order chi connectivity index (χ0) is 23.5. The Hall–Kier alpha value is -3.14. The average molecular weight is 455 g/mol. The first-order chi connectivity index (χ1) is 16.6. The van der Waals surface area contributed by atoms with Crippen LogP contribution in [0.25, 0.3) is 10.9 Å². The Balaban J connectivity index is 1.30. The molecule has 6 heteroatoms. The number of rotatable bonds is 5. The van der Waals surface area contributed by atoms with Crippen molar-refractivity contribution in [2.75, 3.05) is 49.1 Å². The number of benzene rings is 2. The molecule has 2 aliphatic heterocycles. The molecule has 2 fully saturated rings. The minimum atomic E-state index is 0.286. The molecule has 2 aromatic carbocycles. The number of hydrogen-bond acceptors (Lipinski definition) is 6. The van der Waals surface area contributed by atoms with E-state index in [0.717, 1.165) is 56.6 Å². The van der Waals surface area contributed by atoms with Gasteiger partial charge in [-0.2, -0.15) is 5.26 Å². The maximum Gasteiger partial charge on any atom is 0.101 e. The van der Waals surface area contributed by atoms with Gasteiger partial charge in [0.2, 0.25) is 0 Å². The quantitative estimate of drug-likeness (QED) is 0.606. The van der Waals surface area contributed by atoms with Gasteiger partial charge in [-0.1, -0.05) is 19.1 Å². The van der Waals surface area contributed by atoms with Gasteiger partial charge in [-0.05, 0) is 61.2 Å². The Morgan fingerprint density at radius 3 is 2.62 bits per heavy atom. The van der Waals surface area contributed by atoms with Crippen molar-refractivity contribution in [1.82, 2.24) is 15.6 Å². The first kappa shape index (κ1) is 22.6. The SMILES string of the molecule is CC1CC(NC(C)c2ccc(N3CCNCC3)cc2)CN(c2ccc(C#N)c3ncccc23)C1. The molecule has 3 atom stereocenters. The molecule has 5 rings (SSSR count). The predicted molar refractivity (Wildman–Crippen MR) is 139 cm³/mol. The molecule has 3 unspecified atom stereocenters. The van der Waals surface area contributed by atoms with Crippen LogP contribution in [-0.4, -0.2) is 50.3 Å². The second-order valence-electron chi connectivity index (χ2n) is 9.80. The van der Waals surface area contributed by atoms with Gasteiger partial charge in [0.25, 0.3) is 0 Å². The highest BCUT2D eigenvalue weighted by molar-refractivity contribution is 5.95. The fourth-order valence-corrected chi connectivity index (χ4v) is 5.54. The smallest absolute Gasteiger partial charge is 0.101 e. The molecule has 2 saturated heterocycles. The lowest BCUT2D eigenvalue weighted by atomic mass is 9.93. The molecule has 34 heavy (non-hydrogen) atoms. The summed E-state index contributed by atoms with van der Waals surface area (Å²) in [6.45, 7) is 10.8. The normalized spacial score (nSPS) is 21.9. The Morgan fingerprint density at radius 1 is 1.06 bits per heavy atom. The number of hydrogen-bond donors (Lipinski definition) is 2. The van der Waals surface area contributed by atoms with Gasteiger partial charge in [0.05, 0.1) is 11.1 Å². The number of nitrogens with zero attached hydrogens (tertiary/aromatic N) is 4. The van der Waals surface area contributed by atoms with Crippen molar-refractivity contribution in [1.29, 1.82) is 5.26 Å². The van der Waals surface area contributed by atoms with Gasteiger partial charge >= 0.3 is 0 Å². The van der Waals surface area contributed by atoms with Gasteiger partial charge in [-0.3, -0.25) is 4.98 Å². The molecule has 3 aromatic rings. The molecule has 6 nitrogen and oxygen atoms in total. The third-order valence-electron chi connectivity index (χ3n) is 7.23. The minimum Gasteiger partial charge on any atom is -0.369 e. The lowest BCUT2D eigenvalue weighted by Gasteiger charge is -2.40. The van der Waals surface area contributed by atoms with Crippen LogP contribution in [0.15, 0.2) is 54.7 Å². The van der Waals surface area contributed by atoms with E-state index >= 15 is 0 Å². The fourth-order valence-electron chi connectivity index (χ4n) is 5.54. The van der Waals surface area contributed by atoms with Crippen molar-refractivity contribution in [2.24, 2.45) is 5.92 Å². The summed E-state index contributed by atoms with van der Waals surface area (Å²) in [5, 5.41) is 17.9. The van der Waals surface area contributed by atoms with E-state index in [-0.39, 0.29) is 6.04 Å². The minimum absolute atomic E-state index is 0.286. The third-order valence-corrected chi connectivity index (χ3v) is 7.23. The van der Waals surface area contributed by atoms with Crippen LogP contribution in [0.2, 0.25) is 0 Å². The molecular weight excluding hydrogens is 420 g/mol. The first-order valence-electron chi connectivity index (χ1n) is 12.5. The maximum absolute atomic E-state index is 9.50. The molecule has 2 aliphatic rings. The molecule has 176 valence electrons. The number of anilines is 2. The van der Waals surface area contributed by atoms with Crippen molar-refractivity contribution < 1.29 is 0 Å². The molecule has 0 amide bonds. The summed E-state index contributed by atoms with van der Waals surface area (Å²) in [7, 11) is 0. The van der Waals surface area contributed by atoms with E-state index in [9.17, 15) is 5.26 Å². The summed E-state index contributed by atoms with van der Waals surface area (Å²) in [6, 6.07) is 20.1. The average Bonchev–Trinajstić information content (AvgIpc) is 2.88. The molecule has 0 aliphatic carbocycles. The summed E-state index contributed by atoms with van der Waals surface area (Å²) in [5.41, 5.74) is 5.25. The van der Waals surface area contributed by atoms with Gasteiger partial charge in [-0.15, -0.1) is 0 Å². The van der Waals surface area contributed by atoms with E-state index in [1.165, 1.54) is 16.9 Å². The van der Waals surface area contributed by atoms with Crippen molar-refractivity contribution >= 4 is 22.3 Å². The molecule has 0 saturated carbocycles. The van der Waals surface area contributed by atoms with Gasteiger partial charge < -0.3 is 20.4 Å². The van der Waals surface area contributed by atoms with Crippen LogP contribution < -0.4 is 20.4 Å². The lowest BCUT2D eigenvalue weighted by molar-refractivity contribution is 0.330. The molecule has 1 aromatic heterocycles. The van der Waals surface area contributed by atoms with E-state index in [0.29, 0.717) is 17.5 Å². The molecule has 2 N–H and O–H groups in total. The monoisotopic (exact) mass is 454 g/mol. The van der Waals surface area contributed by atoms with Crippen LogP contribution in [0.3, 0.4) is 0 Å². The van der Waals surface area contributed by atoms with E-state index in [1.54, 1.807) is 6.20 Å². The number of nitrogens with one attached hydrogen (secondary N) is 2. The number of piperidine rings is 1. The van der Waals surface area contributed by atoms with Crippen LogP contribution >= 0.6 is 0 Å². The van der Waals surface area contributed by atoms with Gasteiger partial charge in [0.1, 0.15) is 6.07 Å². The first-order valence-corrected chi connectivity index (χ1v) is 12.5. The molecular formula is C28H34N6. The van der Waals surface area contributed by atoms with Crippen LogP contribution in [0.4, 0.5) is 11.4 Å². The van der Waals surface area contributed by atoms with Crippen LogP contribution in [-0.2, 0) is 0 Å². The Labute approximate surface area is 202 Å². The van der Waals surface area contributed by atoms with Gasteiger partial charge in [0.15, 0.2) is 0 Å². The summed E-state index contributed by atoms with van der Waals surface area (Å²) in [5.74, 6) is 0.580. The summed E-state index contributed by atoms with van der Waals surface area (Å²) >= 11 is 0. The molecule has 0 bridgehead atoms. The number of aromatic nitrogens is 1. The highest BCUT2D eigenvalue weighted by atomic mass is 15.2. The molecule has 0 spiro atoms. The number of piperazine rings is 1. The van der Waals surface area contributed by atoms with Gasteiger partial charge in [0, 0.05) is 74.3 Å². The maximum atomic E-state index is 9.50.